The SMILES string of the molecule is [C-]#[N+]C1=C(C)C(C)(C)C(C)(C)/C1=C(\C)C#N. The van der Waals surface area contributed by atoms with Crippen LogP contribution in [0.2, 0.25) is 0 Å². The van der Waals surface area contributed by atoms with Gasteiger partial charge in [-0.25, -0.2) is 4.85 Å². The van der Waals surface area contributed by atoms with E-state index in [-0.39, 0.29) is 10.8 Å². The molecule has 1 aliphatic rings. The Morgan fingerprint density at radius 1 is 1.25 bits per heavy atom. The first-order chi connectivity index (χ1) is 7.21. The van der Waals surface area contributed by atoms with Crippen LogP contribution >= 0.6 is 0 Å². The molecule has 16 heavy (non-hydrogen) atoms. The normalized spacial score (nSPS) is 25.0. The molecule has 2 heteroatoms. The molecule has 0 unspecified atom stereocenters. The minimum atomic E-state index is -0.156. The van der Waals surface area contributed by atoms with Crippen molar-refractivity contribution in [3.05, 3.63) is 33.8 Å². The maximum Gasteiger partial charge on any atom is 0.191 e. The van der Waals surface area contributed by atoms with Gasteiger partial charge in [-0.3, -0.25) is 0 Å². The number of allylic oxidation sites excluding steroid dienone is 3. The molecule has 0 radical (unpaired) electrons. The van der Waals surface area contributed by atoms with Gasteiger partial charge in [-0.2, -0.15) is 5.26 Å². The van der Waals surface area contributed by atoms with Gasteiger partial charge in [0.05, 0.1) is 12.6 Å². The van der Waals surface area contributed by atoms with Crippen molar-refractivity contribution >= 4 is 0 Å². The molecule has 0 amide bonds. The quantitative estimate of drug-likeness (QED) is 0.441. The third-order valence-electron chi connectivity index (χ3n) is 4.37. The summed E-state index contributed by atoms with van der Waals surface area (Å²) >= 11 is 0. The van der Waals surface area contributed by atoms with Crippen LogP contribution in [-0.2, 0) is 0 Å². The lowest BCUT2D eigenvalue weighted by atomic mass is 9.65. The summed E-state index contributed by atoms with van der Waals surface area (Å²) in [7, 11) is 0. The van der Waals surface area contributed by atoms with E-state index in [0.717, 1.165) is 11.1 Å². The fraction of sp³-hybridized carbons (Fsp3) is 0.571. The molecule has 1 aliphatic carbocycles. The first-order valence-electron chi connectivity index (χ1n) is 5.42. The predicted octanol–water partition coefficient (Wildman–Crippen LogP) is 4.09. The van der Waals surface area contributed by atoms with Crippen LogP contribution in [0.3, 0.4) is 0 Å². The largest absolute Gasteiger partial charge is 0.238 e. The molecule has 0 N–H and O–H groups in total. The van der Waals surface area contributed by atoms with Gasteiger partial charge in [0.15, 0.2) is 5.70 Å². The van der Waals surface area contributed by atoms with Gasteiger partial charge in [0.2, 0.25) is 0 Å². The summed E-state index contributed by atoms with van der Waals surface area (Å²) in [5.74, 6) is 0. The summed E-state index contributed by atoms with van der Waals surface area (Å²) < 4.78 is 0. The summed E-state index contributed by atoms with van der Waals surface area (Å²) in [6, 6.07) is 2.19. The van der Waals surface area contributed by atoms with Crippen molar-refractivity contribution in [2.75, 3.05) is 0 Å². The van der Waals surface area contributed by atoms with Gasteiger partial charge in [0.25, 0.3) is 0 Å². The molecular weight excluding hydrogens is 196 g/mol. The number of nitrogens with zero attached hydrogens (tertiary/aromatic N) is 2. The minimum absolute atomic E-state index is 0.0691. The number of nitriles is 1. The monoisotopic (exact) mass is 214 g/mol. The first kappa shape index (κ1) is 12.5. The van der Waals surface area contributed by atoms with Gasteiger partial charge >= 0.3 is 0 Å². The Hall–Kier alpha value is -1.54. The molecule has 0 aromatic carbocycles. The van der Waals surface area contributed by atoms with Gasteiger partial charge in [0, 0.05) is 5.57 Å². The average Bonchev–Trinajstić information content (AvgIpc) is 2.34. The summed E-state index contributed by atoms with van der Waals surface area (Å²) in [6.45, 7) is 19.6. The minimum Gasteiger partial charge on any atom is -0.238 e. The average molecular weight is 214 g/mol. The van der Waals surface area contributed by atoms with Gasteiger partial charge in [-0.15, -0.1) is 0 Å². The third kappa shape index (κ3) is 1.30. The molecule has 0 aromatic heterocycles. The lowest BCUT2D eigenvalue weighted by molar-refractivity contribution is 0.221. The van der Waals surface area contributed by atoms with Gasteiger partial charge in [0.1, 0.15) is 0 Å². The number of rotatable bonds is 0. The molecule has 0 spiro atoms. The second-order valence-electron chi connectivity index (χ2n) is 5.45. The van der Waals surface area contributed by atoms with Crippen molar-refractivity contribution in [3.63, 3.8) is 0 Å². The van der Waals surface area contributed by atoms with Crippen LogP contribution in [0.1, 0.15) is 41.5 Å². The summed E-state index contributed by atoms with van der Waals surface area (Å²) in [4.78, 5) is 3.63. The zero-order valence-corrected chi connectivity index (χ0v) is 10.9. The van der Waals surface area contributed by atoms with Crippen molar-refractivity contribution in [1.82, 2.24) is 0 Å². The molecule has 1 rings (SSSR count). The van der Waals surface area contributed by atoms with E-state index in [2.05, 4.69) is 38.6 Å². The van der Waals surface area contributed by atoms with Crippen LogP contribution in [-0.4, -0.2) is 0 Å². The summed E-state index contributed by atoms with van der Waals surface area (Å²) in [5.41, 5.74) is 3.15. The van der Waals surface area contributed by atoms with Crippen molar-refractivity contribution in [1.29, 1.82) is 5.26 Å². The summed E-state index contributed by atoms with van der Waals surface area (Å²) in [5, 5.41) is 9.06. The highest BCUT2D eigenvalue weighted by molar-refractivity contribution is 5.57. The Kier molecular flexibility index (Phi) is 2.74. The van der Waals surface area contributed by atoms with Gasteiger partial charge in [-0.05, 0) is 23.3 Å². The standard InChI is InChI=1S/C14H18N2/c1-9(8-15)11-12(16-7)10(2)13(3,4)14(11,5)6/h1-6H3/b11-9+. The molecular formula is C14H18N2. The maximum atomic E-state index is 9.06. The van der Waals surface area contributed by atoms with Crippen LogP contribution in [0.15, 0.2) is 22.4 Å². The Labute approximate surface area is 98.1 Å². The molecule has 0 bridgehead atoms. The molecule has 84 valence electrons. The van der Waals surface area contributed by atoms with E-state index in [4.69, 9.17) is 11.8 Å². The van der Waals surface area contributed by atoms with Crippen LogP contribution in [0, 0.1) is 28.7 Å². The molecule has 0 saturated carbocycles. The Morgan fingerprint density at radius 2 is 1.75 bits per heavy atom. The zero-order chi connectivity index (χ0) is 12.7. The molecule has 0 heterocycles. The Morgan fingerprint density at radius 3 is 2.12 bits per heavy atom. The van der Waals surface area contributed by atoms with E-state index in [1.54, 1.807) is 6.92 Å². The first-order valence-corrected chi connectivity index (χ1v) is 5.42. The van der Waals surface area contributed by atoms with Crippen molar-refractivity contribution in [3.8, 4) is 6.07 Å². The fourth-order valence-corrected chi connectivity index (χ4v) is 2.40. The van der Waals surface area contributed by atoms with Gasteiger partial charge in [-0.1, -0.05) is 40.2 Å². The molecule has 0 aromatic rings. The highest BCUT2D eigenvalue weighted by Gasteiger charge is 2.49. The van der Waals surface area contributed by atoms with E-state index in [1.807, 2.05) is 6.92 Å². The second kappa shape index (κ2) is 3.49. The molecule has 0 saturated heterocycles. The number of hydrogen-bond donors (Lipinski definition) is 0. The van der Waals surface area contributed by atoms with E-state index in [0.29, 0.717) is 11.3 Å². The Balaban J connectivity index is 3.68. The van der Waals surface area contributed by atoms with Crippen LogP contribution in [0.25, 0.3) is 4.85 Å². The maximum absolute atomic E-state index is 9.06. The van der Waals surface area contributed by atoms with E-state index in [9.17, 15) is 0 Å². The van der Waals surface area contributed by atoms with E-state index in [1.165, 1.54) is 0 Å². The second-order valence-corrected chi connectivity index (χ2v) is 5.45. The summed E-state index contributed by atoms with van der Waals surface area (Å²) in [6.07, 6.45) is 0. The smallest absolute Gasteiger partial charge is 0.191 e. The molecule has 0 atom stereocenters. The highest BCUT2D eigenvalue weighted by Crippen LogP contribution is 2.59. The van der Waals surface area contributed by atoms with Crippen LogP contribution < -0.4 is 0 Å². The lowest BCUT2D eigenvalue weighted by Gasteiger charge is -2.38. The van der Waals surface area contributed by atoms with E-state index >= 15 is 0 Å². The molecule has 0 aliphatic heterocycles. The van der Waals surface area contributed by atoms with Crippen molar-refractivity contribution < 1.29 is 0 Å². The Bertz CT molecular complexity index is 474. The molecule has 0 fully saturated rings. The third-order valence-corrected chi connectivity index (χ3v) is 4.37. The predicted molar refractivity (Wildman–Crippen MR) is 65.2 cm³/mol. The van der Waals surface area contributed by atoms with Crippen LogP contribution in [0.4, 0.5) is 0 Å². The fourth-order valence-electron chi connectivity index (χ4n) is 2.40. The lowest BCUT2D eigenvalue weighted by Crippen LogP contribution is -2.30. The topological polar surface area (TPSA) is 28.1 Å². The molecule has 2 nitrogen and oxygen atoms in total. The van der Waals surface area contributed by atoms with Gasteiger partial charge < -0.3 is 0 Å². The van der Waals surface area contributed by atoms with Crippen molar-refractivity contribution in [2.45, 2.75) is 41.5 Å². The van der Waals surface area contributed by atoms with Crippen LogP contribution in [0.5, 0.6) is 0 Å². The van der Waals surface area contributed by atoms with E-state index < -0.39 is 0 Å². The van der Waals surface area contributed by atoms with Crippen molar-refractivity contribution in [2.24, 2.45) is 10.8 Å². The zero-order valence-electron chi connectivity index (χ0n) is 10.9. The number of hydrogen-bond acceptors (Lipinski definition) is 1. The highest BCUT2D eigenvalue weighted by atomic mass is 14.7.